The first kappa shape index (κ1) is 16.4. The largest absolute Gasteiger partial charge is 0.308 e. The molecule has 0 saturated carbocycles. The lowest BCUT2D eigenvalue weighted by molar-refractivity contribution is 0.484. The van der Waals surface area contributed by atoms with E-state index in [9.17, 15) is 0 Å². The standard InChI is InChI=1S/C16H22ClN3S/c1-5-21-13-8-6-12(7-9-13)15(18-4)16-14(17)10-19-20(16)11(2)3/h6-11,15,18H,5H2,1-4H3. The molecule has 0 radical (unpaired) electrons. The van der Waals surface area contributed by atoms with Crippen molar-refractivity contribution in [1.29, 1.82) is 0 Å². The number of thioether (sulfide) groups is 1. The van der Waals surface area contributed by atoms with Gasteiger partial charge in [-0.15, -0.1) is 11.8 Å². The zero-order valence-electron chi connectivity index (χ0n) is 12.9. The van der Waals surface area contributed by atoms with Gasteiger partial charge in [0.15, 0.2) is 0 Å². The summed E-state index contributed by atoms with van der Waals surface area (Å²) in [6.07, 6.45) is 1.72. The van der Waals surface area contributed by atoms with E-state index in [0.717, 1.165) is 11.4 Å². The predicted octanol–water partition coefficient (Wildman–Crippen LogP) is 4.54. The van der Waals surface area contributed by atoms with Crippen LogP contribution in [0, 0.1) is 0 Å². The minimum Gasteiger partial charge on any atom is -0.308 e. The van der Waals surface area contributed by atoms with Crippen LogP contribution in [0.4, 0.5) is 0 Å². The van der Waals surface area contributed by atoms with Crippen molar-refractivity contribution in [1.82, 2.24) is 15.1 Å². The number of hydrogen-bond acceptors (Lipinski definition) is 3. The lowest BCUT2D eigenvalue weighted by Crippen LogP contribution is -2.22. The third kappa shape index (κ3) is 3.62. The maximum absolute atomic E-state index is 6.37. The molecule has 1 N–H and O–H groups in total. The number of hydrogen-bond donors (Lipinski definition) is 1. The van der Waals surface area contributed by atoms with Gasteiger partial charge in [-0.1, -0.05) is 30.7 Å². The number of aromatic nitrogens is 2. The lowest BCUT2D eigenvalue weighted by atomic mass is 10.0. The van der Waals surface area contributed by atoms with Crippen molar-refractivity contribution in [3.63, 3.8) is 0 Å². The van der Waals surface area contributed by atoms with Gasteiger partial charge >= 0.3 is 0 Å². The topological polar surface area (TPSA) is 29.9 Å². The van der Waals surface area contributed by atoms with E-state index in [-0.39, 0.29) is 12.1 Å². The fraction of sp³-hybridized carbons (Fsp3) is 0.438. The third-order valence-electron chi connectivity index (χ3n) is 3.36. The van der Waals surface area contributed by atoms with Gasteiger partial charge in [0, 0.05) is 10.9 Å². The molecule has 0 aliphatic carbocycles. The van der Waals surface area contributed by atoms with Crippen LogP contribution in [0.3, 0.4) is 0 Å². The highest BCUT2D eigenvalue weighted by molar-refractivity contribution is 7.99. The Bertz CT molecular complexity index is 578. The number of nitrogens with one attached hydrogen (secondary N) is 1. The van der Waals surface area contributed by atoms with Gasteiger partial charge in [0.25, 0.3) is 0 Å². The first-order valence-electron chi connectivity index (χ1n) is 7.21. The van der Waals surface area contributed by atoms with Gasteiger partial charge in [-0.05, 0) is 44.3 Å². The molecule has 0 aliphatic heterocycles. The minimum atomic E-state index is 0.0445. The lowest BCUT2D eigenvalue weighted by Gasteiger charge is -2.21. The quantitative estimate of drug-likeness (QED) is 0.792. The zero-order valence-corrected chi connectivity index (χ0v) is 14.5. The van der Waals surface area contributed by atoms with E-state index in [2.05, 4.69) is 55.5 Å². The molecule has 3 nitrogen and oxygen atoms in total. The molecule has 1 heterocycles. The van der Waals surface area contributed by atoms with Crippen molar-refractivity contribution in [2.75, 3.05) is 12.8 Å². The van der Waals surface area contributed by atoms with Gasteiger partial charge in [-0.2, -0.15) is 5.10 Å². The average Bonchev–Trinajstić information content (AvgIpc) is 2.84. The van der Waals surface area contributed by atoms with E-state index in [0.29, 0.717) is 5.02 Å². The van der Waals surface area contributed by atoms with Crippen molar-refractivity contribution in [3.8, 4) is 0 Å². The Morgan fingerprint density at radius 1 is 1.29 bits per heavy atom. The molecule has 0 saturated heterocycles. The maximum atomic E-state index is 6.37. The smallest absolute Gasteiger partial charge is 0.0837 e. The third-order valence-corrected chi connectivity index (χ3v) is 4.55. The molecule has 0 fully saturated rings. The summed E-state index contributed by atoms with van der Waals surface area (Å²) in [6, 6.07) is 8.97. The Kier molecular flexibility index (Phi) is 5.73. The molecule has 1 aromatic heterocycles. The molecule has 21 heavy (non-hydrogen) atoms. The number of benzene rings is 1. The molecule has 114 valence electrons. The molecule has 0 spiro atoms. The minimum absolute atomic E-state index is 0.0445. The fourth-order valence-electron chi connectivity index (χ4n) is 2.42. The first-order chi connectivity index (χ1) is 10.1. The Hall–Kier alpha value is -0.970. The monoisotopic (exact) mass is 323 g/mol. The first-order valence-corrected chi connectivity index (χ1v) is 8.57. The summed E-state index contributed by atoms with van der Waals surface area (Å²) in [5, 5.41) is 8.46. The van der Waals surface area contributed by atoms with Crippen molar-refractivity contribution < 1.29 is 0 Å². The van der Waals surface area contributed by atoms with E-state index in [1.54, 1.807) is 6.20 Å². The molecule has 1 aromatic carbocycles. The molecule has 1 atom stereocenters. The van der Waals surface area contributed by atoms with Crippen LogP contribution < -0.4 is 5.32 Å². The Morgan fingerprint density at radius 2 is 1.95 bits per heavy atom. The molecular weight excluding hydrogens is 302 g/mol. The van der Waals surface area contributed by atoms with Crippen LogP contribution in [-0.4, -0.2) is 22.6 Å². The highest BCUT2D eigenvalue weighted by Gasteiger charge is 2.22. The van der Waals surface area contributed by atoms with Gasteiger partial charge in [0.1, 0.15) is 0 Å². The normalized spacial score (nSPS) is 12.9. The maximum Gasteiger partial charge on any atom is 0.0837 e. The zero-order chi connectivity index (χ0) is 15.4. The Morgan fingerprint density at radius 3 is 2.48 bits per heavy atom. The van der Waals surface area contributed by atoms with Gasteiger partial charge in [-0.3, -0.25) is 4.68 Å². The van der Waals surface area contributed by atoms with E-state index in [4.69, 9.17) is 11.6 Å². The van der Waals surface area contributed by atoms with Crippen molar-refractivity contribution in [3.05, 3.63) is 46.7 Å². The Labute approximate surface area is 136 Å². The summed E-state index contributed by atoms with van der Waals surface area (Å²) in [6.45, 7) is 6.39. The number of rotatable bonds is 6. The van der Waals surface area contributed by atoms with Gasteiger partial charge < -0.3 is 5.32 Å². The Balaban J connectivity index is 2.37. The second-order valence-corrected chi connectivity index (χ2v) is 6.88. The van der Waals surface area contributed by atoms with E-state index in [1.165, 1.54) is 10.5 Å². The number of nitrogens with zero attached hydrogens (tertiary/aromatic N) is 2. The van der Waals surface area contributed by atoms with Gasteiger partial charge in [0.05, 0.1) is 23.0 Å². The summed E-state index contributed by atoms with van der Waals surface area (Å²) in [5.74, 6) is 1.08. The molecule has 0 aliphatic rings. The summed E-state index contributed by atoms with van der Waals surface area (Å²) >= 11 is 8.21. The fourth-order valence-corrected chi connectivity index (χ4v) is 3.32. The molecule has 1 unspecified atom stereocenters. The summed E-state index contributed by atoms with van der Waals surface area (Å²) in [7, 11) is 1.95. The van der Waals surface area contributed by atoms with Crippen LogP contribution in [0.25, 0.3) is 0 Å². The predicted molar refractivity (Wildman–Crippen MR) is 91.4 cm³/mol. The number of halogens is 1. The van der Waals surface area contributed by atoms with Crippen LogP contribution in [0.5, 0.6) is 0 Å². The molecular formula is C16H22ClN3S. The van der Waals surface area contributed by atoms with Crippen LogP contribution >= 0.6 is 23.4 Å². The second-order valence-electron chi connectivity index (χ2n) is 5.14. The molecule has 5 heteroatoms. The molecule has 0 amide bonds. The van der Waals surface area contributed by atoms with E-state index >= 15 is 0 Å². The summed E-state index contributed by atoms with van der Waals surface area (Å²) < 4.78 is 1.98. The van der Waals surface area contributed by atoms with Crippen LogP contribution in [0.15, 0.2) is 35.4 Å². The molecule has 2 aromatic rings. The van der Waals surface area contributed by atoms with Gasteiger partial charge in [0.2, 0.25) is 0 Å². The highest BCUT2D eigenvalue weighted by atomic mass is 35.5. The summed E-state index contributed by atoms with van der Waals surface area (Å²) in [4.78, 5) is 1.29. The molecule has 2 rings (SSSR count). The highest BCUT2D eigenvalue weighted by Crippen LogP contribution is 2.31. The average molecular weight is 324 g/mol. The summed E-state index contributed by atoms with van der Waals surface area (Å²) in [5.41, 5.74) is 2.22. The van der Waals surface area contributed by atoms with Crippen molar-refractivity contribution in [2.24, 2.45) is 0 Å². The van der Waals surface area contributed by atoms with Gasteiger partial charge in [-0.25, -0.2) is 0 Å². The van der Waals surface area contributed by atoms with E-state index < -0.39 is 0 Å². The van der Waals surface area contributed by atoms with Crippen LogP contribution in [0.1, 0.15) is 44.1 Å². The SMILES string of the molecule is CCSc1ccc(C(NC)c2c(Cl)cnn2C(C)C)cc1. The van der Waals surface area contributed by atoms with Crippen molar-refractivity contribution >= 4 is 23.4 Å². The molecule has 0 bridgehead atoms. The van der Waals surface area contributed by atoms with Crippen LogP contribution in [0.2, 0.25) is 5.02 Å². The van der Waals surface area contributed by atoms with E-state index in [1.807, 2.05) is 23.5 Å². The second kappa shape index (κ2) is 7.34. The van der Waals surface area contributed by atoms with Crippen molar-refractivity contribution in [2.45, 2.75) is 37.8 Å². The van der Waals surface area contributed by atoms with Crippen LogP contribution in [-0.2, 0) is 0 Å².